The lowest BCUT2D eigenvalue weighted by Gasteiger charge is -2.26. The van der Waals surface area contributed by atoms with E-state index in [0.29, 0.717) is 11.3 Å². The average molecular weight is 226 g/mol. The number of rotatable bonds is 4. The van der Waals surface area contributed by atoms with Crippen molar-refractivity contribution < 1.29 is 5.11 Å². The van der Waals surface area contributed by atoms with Crippen LogP contribution in [0.2, 0.25) is 0 Å². The summed E-state index contributed by atoms with van der Waals surface area (Å²) in [6, 6.07) is 0. The zero-order chi connectivity index (χ0) is 12.4. The molecule has 0 saturated heterocycles. The fourth-order valence-corrected chi connectivity index (χ4v) is 3.04. The molecule has 0 radical (unpaired) electrons. The van der Waals surface area contributed by atoms with Crippen molar-refractivity contribution in [1.29, 1.82) is 0 Å². The van der Waals surface area contributed by atoms with E-state index < -0.39 is 0 Å². The zero-order valence-electron chi connectivity index (χ0n) is 11.8. The smallest absolute Gasteiger partial charge is 0.0650 e. The summed E-state index contributed by atoms with van der Waals surface area (Å²) in [5.41, 5.74) is 0.0775. The van der Waals surface area contributed by atoms with Gasteiger partial charge >= 0.3 is 0 Å². The van der Waals surface area contributed by atoms with Gasteiger partial charge in [-0.2, -0.15) is 0 Å². The first-order chi connectivity index (χ1) is 7.20. The van der Waals surface area contributed by atoms with E-state index in [0.717, 1.165) is 25.2 Å². The first kappa shape index (κ1) is 14.0. The van der Waals surface area contributed by atoms with Crippen LogP contribution < -0.4 is 0 Å². The van der Waals surface area contributed by atoms with Crippen LogP contribution in [0.15, 0.2) is 0 Å². The SMILES string of the molecule is CC(C)CC[C@]1(O)CC[C@H](CC(C)(C)C)C1. The molecule has 16 heavy (non-hydrogen) atoms. The average Bonchev–Trinajstić information content (AvgIpc) is 2.42. The molecular weight excluding hydrogens is 196 g/mol. The molecule has 0 unspecified atom stereocenters. The summed E-state index contributed by atoms with van der Waals surface area (Å²) in [6.07, 6.45) is 6.73. The Morgan fingerprint density at radius 2 is 1.94 bits per heavy atom. The third-order valence-electron chi connectivity index (χ3n) is 3.77. The minimum atomic E-state index is -0.333. The monoisotopic (exact) mass is 226 g/mol. The van der Waals surface area contributed by atoms with Crippen molar-refractivity contribution in [2.75, 3.05) is 0 Å². The van der Waals surface area contributed by atoms with E-state index in [4.69, 9.17) is 0 Å². The Kier molecular flexibility index (Phi) is 4.45. The molecule has 0 aromatic rings. The molecule has 0 amide bonds. The number of aliphatic hydroxyl groups is 1. The van der Waals surface area contributed by atoms with Gasteiger partial charge in [-0.1, -0.05) is 34.6 Å². The topological polar surface area (TPSA) is 20.2 Å². The molecule has 1 N–H and O–H groups in total. The molecule has 0 aliphatic heterocycles. The first-order valence-electron chi connectivity index (χ1n) is 6.93. The van der Waals surface area contributed by atoms with Crippen molar-refractivity contribution in [2.45, 2.75) is 78.7 Å². The summed E-state index contributed by atoms with van der Waals surface area (Å²) in [6.45, 7) is 11.4. The highest BCUT2D eigenvalue weighted by Gasteiger charge is 2.37. The molecule has 96 valence electrons. The van der Waals surface area contributed by atoms with Gasteiger partial charge < -0.3 is 5.11 Å². The molecule has 1 aliphatic carbocycles. The number of hydrogen-bond acceptors (Lipinski definition) is 1. The lowest BCUT2D eigenvalue weighted by atomic mass is 9.82. The maximum atomic E-state index is 10.5. The second kappa shape index (κ2) is 5.08. The van der Waals surface area contributed by atoms with Crippen LogP contribution in [0.5, 0.6) is 0 Å². The van der Waals surface area contributed by atoms with E-state index in [1.54, 1.807) is 0 Å². The third kappa shape index (κ3) is 4.86. The highest BCUT2D eigenvalue weighted by molar-refractivity contribution is 4.90. The fourth-order valence-electron chi connectivity index (χ4n) is 3.04. The molecule has 0 bridgehead atoms. The second-order valence-corrected chi connectivity index (χ2v) is 7.53. The molecule has 0 aromatic carbocycles. The first-order valence-corrected chi connectivity index (χ1v) is 6.93. The Morgan fingerprint density at radius 1 is 1.31 bits per heavy atom. The lowest BCUT2D eigenvalue weighted by molar-refractivity contribution is 0.0277. The Morgan fingerprint density at radius 3 is 2.44 bits per heavy atom. The molecule has 0 aromatic heterocycles. The largest absolute Gasteiger partial charge is 0.390 e. The van der Waals surface area contributed by atoms with Gasteiger partial charge in [0.25, 0.3) is 0 Å². The summed E-state index contributed by atoms with van der Waals surface area (Å²) in [4.78, 5) is 0. The summed E-state index contributed by atoms with van der Waals surface area (Å²) >= 11 is 0. The van der Waals surface area contributed by atoms with Gasteiger partial charge in [-0.15, -0.1) is 0 Å². The predicted octanol–water partition coefficient (Wildman–Crippen LogP) is 4.39. The molecule has 1 rings (SSSR count). The third-order valence-corrected chi connectivity index (χ3v) is 3.77. The molecule has 0 heterocycles. The zero-order valence-corrected chi connectivity index (χ0v) is 11.8. The van der Waals surface area contributed by atoms with Crippen LogP contribution in [0.1, 0.15) is 73.1 Å². The van der Waals surface area contributed by atoms with Crippen LogP contribution in [0, 0.1) is 17.3 Å². The van der Waals surface area contributed by atoms with E-state index in [1.807, 2.05) is 0 Å². The molecule has 1 nitrogen and oxygen atoms in total. The molecule has 1 fully saturated rings. The standard InChI is InChI=1S/C15H30O/c1-12(2)6-8-15(16)9-7-13(11-15)10-14(3,4)5/h12-13,16H,6-11H2,1-5H3/t13-,15+/m1/s1. The van der Waals surface area contributed by atoms with E-state index in [-0.39, 0.29) is 5.60 Å². The summed E-state index contributed by atoms with van der Waals surface area (Å²) < 4.78 is 0. The van der Waals surface area contributed by atoms with E-state index in [9.17, 15) is 5.11 Å². The molecule has 1 heteroatoms. The van der Waals surface area contributed by atoms with Crippen molar-refractivity contribution >= 4 is 0 Å². The van der Waals surface area contributed by atoms with Crippen molar-refractivity contribution in [1.82, 2.24) is 0 Å². The highest BCUT2D eigenvalue weighted by atomic mass is 16.3. The van der Waals surface area contributed by atoms with Crippen LogP contribution in [-0.4, -0.2) is 10.7 Å². The van der Waals surface area contributed by atoms with E-state index in [2.05, 4.69) is 34.6 Å². The minimum Gasteiger partial charge on any atom is -0.390 e. The highest BCUT2D eigenvalue weighted by Crippen LogP contribution is 2.43. The van der Waals surface area contributed by atoms with Gasteiger partial charge in [0, 0.05) is 0 Å². The van der Waals surface area contributed by atoms with Gasteiger partial charge in [-0.25, -0.2) is 0 Å². The Balaban J connectivity index is 2.38. The lowest BCUT2D eigenvalue weighted by Crippen LogP contribution is -2.25. The van der Waals surface area contributed by atoms with Crippen molar-refractivity contribution in [3.63, 3.8) is 0 Å². The summed E-state index contributed by atoms with van der Waals surface area (Å²) in [5.74, 6) is 1.46. The maximum absolute atomic E-state index is 10.5. The van der Waals surface area contributed by atoms with Crippen LogP contribution in [-0.2, 0) is 0 Å². The Labute approximate surface area is 102 Å². The summed E-state index contributed by atoms with van der Waals surface area (Å²) in [5, 5.41) is 10.5. The maximum Gasteiger partial charge on any atom is 0.0650 e. The molecule has 0 spiro atoms. The van der Waals surface area contributed by atoms with Gasteiger partial charge in [0.05, 0.1) is 5.60 Å². The van der Waals surface area contributed by atoms with E-state index in [1.165, 1.54) is 19.3 Å². The quantitative estimate of drug-likeness (QED) is 0.753. The Hall–Kier alpha value is -0.0400. The van der Waals surface area contributed by atoms with Crippen molar-refractivity contribution in [3.8, 4) is 0 Å². The number of hydrogen-bond donors (Lipinski definition) is 1. The van der Waals surface area contributed by atoms with Crippen LogP contribution in [0.3, 0.4) is 0 Å². The normalized spacial score (nSPS) is 31.3. The predicted molar refractivity (Wildman–Crippen MR) is 70.4 cm³/mol. The van der Waals surface area contributed by atoms with Crippen LogP contribution in [0.25, 0.3) is 0 Å². The van der Waals surface area contributed by atoms with Gasteiger partial charge in [-0.05, 0) is 55.8 Å². The van der Waals surface area contributed by atoms with Crippen LogP contribution in [0.4, 0.5) is 0 Å². The van der Waals surface area contributed by atoms with Crippen molar-refractivity contribution in [3.05, 3.63) is 0 Å². The van der Waals surface area contributed by atoms with E-state index >= 15 is 0 Å². The minimum absolute atomic E-state index is 0.333. The van der Waals surface area contributed by atoms with Crippen LogP contribution >= 0.6 is 0 Å². The molecule has 1 aliphatic rings. The molecular formula is C15H30O. The second-order valence-electron chi connectivity index (χ2n) is 7.53. The van der Waals surface area contributed by atoms with Gasteiger partial charge in [0.1, 0.15) is 0 Å². The van der Waals surface area contributed by atoms with Gasteiger partial charge in [0.15, 0.2) is 0 Å². The van der Waals surface area contributed by atoms with Gasteiger partial charge in [0.2, 0.25) is 0 Å². The molecule has 1 saturated carbocycles. The van der Waals surface area contributed by atoms with Gasteiger partial charge in [-0.3, -0.25) is 0 Å². The van der Waals surface area contributed by atoms with Crippen molar-refractivity contribution in [2.24, 2.45) is 17.3 Å². The molecule has 2 atom stereocenters. The fraction of sp³-hybridized carbons (Fsp3) is 1.00. The summed E-state index contributed by atoms with van der Waals surface area (Å²) in [7, 11) is 0. The Bertz CT molecular complexity index is 214.